The van der Waals surface area contributed by atoms with Gasteiger partial charge in [0.25, 0.3) is 0 Å². The Kier molecular flexibility index (Phi) is 7.05. The number of fused-ring (bicyclic) bond motifs is 2. The van der Waals surface area contributed by atoms with E-state index >= 15 is 0 Å². The summed E-state index contributed by atoms with van der Waals surface area (Å²) in [5.74, 6) is -1.60. The van der Waals surface area contributed by atoms with Crippen LogP contribution >= 0.6 is 11.8 Å². The smallest absolute Gasteiger partial charge is 0.353 e. The lowest BCUT2D eigenvalue weighted by Crippen LogP contribution is -2.64. The Morgan fingerprint density at radius 1 is 1.26 bits per heavy atom. The van der Waals surface area contributed by atoms with Crippen molar-refractivity contribution >= 4 is 35.5 Å². The van der Waals surface area contributed by atoms with Crippen LogP contribution in [0.2, 0.25) is 0 Å². The number of β-lactam (4-membered cyclic amide) rings is 1. The molecular formula is C24H33N9O5S. The van der Waals surface area contributed by atoms with Crippen molar-refractivity contribution in [2.75, 3.05) is 26.2 Å². The summed E-state index contributed by atoms with van der Waals surface area (Å²) in [5, 5.41) is 30.3. The van der Waals surface area contributed by atoms with Crippen LogP contribution in [-0.4, -0.2) is 114 Å². The molecular weight excluding hydrogens is 526 g/mol. The molecule has 3 unspecified atom stereocenters. The zero-order valence-corrected chi connectivity index (χ0v) is 22.5. The molecule has 15 heteroatoms. The molecule has 4 fully saturated rings. The lowest BCUT2D eigenvalue weighted by Gasteiger charge is -2.46. The lowest BCUT2D eigenvalue weighted by atomic mass is 9.82. The number of hydrogen-bond donors (Lipinski definition) is 4. The maximum absolute atomic E-state index is 13.3. The summed E-state index contributed by atoms with van der Waals surface area (Å²) >= 11 is 1.47. The maximum atomic E-state index is 13.3. The monoisotopic (exact) mass is 559 g/mol. The van der Waals surface area contributed by atoms with Crippen molar-refractivity contribution in [3.8, 4) is 0 Å². The standard InChI is InChI=1S/C24H33N9O5S/c1-12(28-19(34)10-31-11-27-29-30-31)20-17-7-18(21(24(37)38)33(17)23(20)36)39-14-6-15(26-9-14)22(35)32-5-3-13-8-25-4-2-16(13)32/h11-17,20,25-26H,2-10H2,1H3,(H,28,34)(H,37,38)/t12?,13?,14-,15-,16?,17+,20+/m0/s1. The number of hydrogen-bond acceptors (Lipinski definition) is 10. The highest BCUT2D eigenvalue weighted by molar-refractivity contribution is 8.03. The van der Waals surface area contributed by atoms with Gasteiger partial charge < -0.3 is 30.9 Å². The van der Waals surface area contributed by atoms with Crippen LogP contribution in [0.25, 0.3) is 0 Å². The van der Waals surface area contributed by atoms with Crippen molar-refractivity contribution in [1.82, 2.24) is 46.0 Å². The van der Waals surface area contributed by atoms with Gasteiger partial charge in [0, 0.05) is 41.7 Å². The van der Waals surface area contributed by atoms with E-state index in [1.54, 1.807) is 6.92 Å². The molecule has 0 radical (unpaired) electrons. The minimum Gasteiger partial charge on any atom is -0.477 e. The number of aromatic nitrogens is 4. The number of thioether (sulfide) groups is 1. The predicted molar refractivity (Wildman–Crippen MR) is 138 cm³/mol. The molecule has 0 bridgehead atoms. The molecule has 0 spiro atoms. The molecule has 7 atom stereocenters. The van der Waals surface area contributed by atoms with E-state index < -0.39 is 17.9 Å². The molecule has 0 aliphatic carbocycles. The number of carbonyl (C=O) groups excluding carboxylic acids is 3. The van der Waals surface area contributed by atoms with Crippen LogP contribution in [0.1, 0.15) is 32.6 Å². The van der Waals surface area contributed by atoms with Crippen molar-refractivity contribution in [1.29, 1.82) is 0 Å². The number of nitrogens with one attached hydrogen (secondary N) is 3. The molecule has 5 aliphatic heterocycles. The van der Waals surface area contributed by atoms with Gasteiger partial charge in [0.2, 0.25) is 17.7 Å². The zero-order valence-electron chi connectivity index (χ0n) is 21.7. The van der Waals surface area contributed by atoms with E-state index in [1.165, 1.54) is 27.7 Å². The first-order chi connectivity index (χ1) is 18.8. The number of rotatable bonds is 8. The van der Waals surface area contributed by atoms with Gasteiger partial charge in [0.15, 0.2) is 0 Å². The van der Waals surface area contributed by atoms with E-state index in [1.807, 2.05) is 0 Å². The molecule has 0 saturated carbocycles. The molecule has 1 aromatic rings. The Bertz CT molecular complexity index is 1190. The molecule has 4 saturated heterocycles. The molecule has 14 nitrogen and oxygen atoms in total. The number of nitrogens with zero attached hydrogens (tertiary/aromatic N) is 6. The number of tetrazole rings is 1. The SMILES string of the molecule is CC(NC(=O)Cn1cnnn1)[C@H]1C(=O)N2C(C(=O)O)=C(S[C@@H]3CN[C@H](C(=O)N4CCC5CNCCC54)C3)C[C@H]12. The van der Waals surface area contributed by atoms with Gasteiger partial charge in [0.05, 0.1) is 18.0 Å². The minimum absolute atomic E-state index is 0.0327. The highest BCUT2D eigenvalue weighted by Crippen LogP contribution is 2.48. The van der Waals surface area contributed by atoms with E-state index in [0.29, 0.717) is 36.3 Å². The van der Waals surface area contributed by atoms with E-state index in [-0.39, 0.29) is 47.3 Å². The van der Waals surface area contributed by atoms with E-state index in [9.17, 15) is 24.3 Å². The second kappa shape index (κ2) is 10.5. The summed E-state index contributed by atoms with van der Waals surface area (Å²) in [5.41, 5.74) is 0.0327. The van der Waals surface area contributed by atoms with Gasteiger partial charge >= 0.3 is 5.97 Å². The number of amides is 3. The molecule has 6 rings (SSSR count). The zero-order chi connectivity index (χ0) is 27.3. The highest BCUT2D eigenvalue weighted by atomic mass is 32.2. The summed E-state index contributed by atoms with van der Waals surface area (Å²) in [6.45, 7) is 4.99. The van der Waals surface area contributed by atoms with Gasteiger partial charge in [-0.15, -0.1) is 16.9 Å². The Morgan fingerprint density at radius 2 is 2.10 bits per heavy atom. The molecule has 0 aromatic carbocycles. The van der Waals surface area contributed by atoms with Gasteiger partial charge in [0.1, 0.15) is 18.6 Å². The second-order valence-corrected chi connectivity index (χ2v) is 12.4. The molecule has 6 heterocycles. The first-order valence-electron chi connectivity index (χ1n) is 13.5. The van der Waals surface area contributed by atoms with Gasteiger partial charge in [-0.3, -0.25) is 14.4 Å². The van der Waals surface area contributed by atoms with Crippen LogP contribution in [0.15, 0.2) is 16.9 Å². The molecule has 3 amide bonds. The van der Waals surface area contributed by atoms with Crippen LogP contribution in [0.4, 0.5) is 0 Å². The van der Waals surface area contributed by atoms with Crippen molar-refractivity contribution in [2.24, 2.45) is 11.8 Å². The lowest BCUT2D eigenvalue weighted by molar-refractivity contribution is -0.157. The number of piperidine rings is 1. The number of carbonyl (C=O) groups is 4. The third kappa shape index (κ3) is 4.80. The minimum atomic E-state index is -1.13. The Hall–Kier alpha value is -3.04. The van der Waals surface area contributed by atoms with Gasteiger partial charge in [-0.05, 0) is 55.6 Å². The van der Waals surface area contributed by atoms with Crippen LogP contribution in [0.5, 0.6) is 0 Å². The van der Waals surface area contributed by atoms with Crippen molar-refractivity contribution in [2.45, 2.75) is 68.6 Å². The average molecular weight is 560 g/mol. The third-order valence-corrected chi connectivity index (χ3v) is 10.0. The topological polar surface area (TPSA) is 175 Å². The maximum Gasteiger partial charge on any atom is 0.353 e. The molecule has 5 aliphatic rings. The number of carboxylic acids is 1. The summed E-state index contributed by atoms with van der Waals surface area (Å²) in [7, 11) is 0. The second-order valence-electron chi connectivity index (χ2n) is 11.0. The van der Waals surface area contributed by atoms with E-state index in [2.05, 4.69) is 36.4 Å². The predicted octanol–water partition coefficient (Wildman–Crippen LogP) is -1.62. The Labute approximate surface area is 229 Å². The van der Waals surface area contributed by atoms with Crippen molar-refractivity contribution < 1.29 is 24.3 Å². The molecule has 1 aromatic heterocycles. The molecule has 210 valence electrons. The highest BCUT2D eigenvalue weighted by Gasteiger charge is 2.57. The fourth-order valence-electron chi connectivity index (χ4n) is 6.89. The third-order valence-electron chi connectivity index (χ3n) is 8.68. The summed E-state index contributed by atoms with van der Waals surface area (Å²) in [4.78, 5) is 55.1. The van der Waals surface area contributed by atoms with Gasteiger partial charge in [-0.25, -0.2) is 9.48 Å². The van der Waals surface area contributed by atoms with Gasteiger partial charge in [-0.2, -0.15) is 0 Å². The van der Waals surface area contributed by atoms with Crippen LogP contribution in [0.3, 0.4) is 0 Å². The van der Waals surface area contributed by atoms with Crippen LogP contribution in [0, 0.1) is 11.8 Å². The summed E-state index contributed by atoms with van der Waals surface area (Å²) < 4.78 is 1.29. The largest absolute Gasteiger partial charge is 0.477 e. The first kappa shape index (κ1) is 26.2. The van der Waals surface area contributed by atoms with Crippen molar-refractivity contribution in [3.05, 3.63) is 16.9 Å². The number of aliphatic carboxylic acids is 1. The first-order valence-corrected chi connectivity index (χ1v) is 14.4. The normalized spacial score (nSPS) is 32.6. The molecule has 4 N–H and O–H groups in total. The van der Waals surface area contributed by atoms with E-state index in [0.717, 1.165) is 32.5 Å². The number of likely N-dealkylation sites (tertiary alicyclic amines) is 1. The van der Waals surface area contributed by atoms with E-state index in [4.69, 9.17) is 0 Å². The van der Waals surface area contributed by atoms with Crippen LogP contribution < -0.4 is 16.0 Å². The van der Waals surface area contributed by atoms with Crippen molar-refractivity contribution in [3.63, 3.8) is 0 Å². The van der Waals surface area contributed by atoms with Gasteiger partial charge in [-0.1, -0.05) is 0 Å². The number of carboxylic acid groups (broad SMARTS) is 1. The van der Waals surface area contributed by atoms with Crippen LogP contribution in [-0.2, 0) is 25.7 Å². The quantitative estimate of drug-likeness (QED) is 0.269. The Balaban J connectivity index is 1.06. The summed E-state index contributed by atoms with van der Waals surface area (Å²) in [6.07, 6.45) is 4.39. The average Bonchev–Trinajstić information content (AvgIpc) is 3.70. The fourth-order valence-corrected chi connectivity index (χ4v) is 8.32. The molecule has 39 heavy (non-hydrogen) atoms. The summed E-state index contributed by atoms with van der Waals surface area (Å²) in [6, 6.07) is -0.752. The fraction of sp³-hybridized carbons (Fsp3) is 0.708. The Morgan fingerprint density at radius 3 is 2.87 bits per heavy atom.